The summed E-state index contributed by atoms with van der Waals surface area (Å²) in [6.07, 6.45) is 3.08. The summed E-state index contributed by atoms with van der Waals surface area (Å²) in [4.78, 5) is 24.9. The van der Waals surface area contributed by atoms with Crippen molar-refractivity contribution in [2.24, 2.45) is 5.92 Å². The van der Waals surface area contributed by atoms with E-state index in [0.29, 0.717) is 24.3 Å². The molecule has 3 rings (SSSR count). The van der Waals surface area contributed by atoms with Crippen molar-refractivity contribution in [2.75, 3.05) is 10.6 Å². The molecule has 2 aromatic carbocycles. The van der Waals surface area contributed by atoms with Gasteiger partial charge in [0.25, 0.3) is 0 Å². The van der Waals surface area contributed by atoms with E-state index >= 15 is 0 Å². The monoisotopic (exact) mass is 384 g/mol. The molecule has 142 valence electrons. The van der Waals surface area contributed by atoms with Crippen molar-refractivity contribution >= 4 is 34.8 Å². The minimum atomic E-state index is -0.179. The van der Waals surface area contributed by atoms with E-state index in [1.165, 1.54) is 0 Å². The van der Waals surface area contributed by atoms with Crippen LogP contribution in [-0.2, 0) is 28.9 Å². The molecule has 27 heavy (non-hydrogen) atoms. The van der Waals surface area contributed by atoms with Crippen molar-refractivity contribution < 1.29 is 9.59 Å². The Kier molecular flexibility index (Phi) is 6.17. The fourth-order valence-electron chi connectivity index (χ4n) is 3.62. The number of hydrogen-bond acceptors (Lipinski definition) is 2. The number of anilines is 2. The zero-order valence-corrected chi connectivity index (χ0v) is 16.5. The highest BCUT2D eigenvalue weighted by atomic mass is 35.5. The minimum Gasteiger partial charge on any atom is -0.326 e. The Morgan fingerprint density at radius 3 is 2.70 bits per heavy atom. The van der Waals surface area contributed by atoms with Crippen molar-refractivity contribution in [3.8, 4) is 0 Å². The zero-order valence-electron chi connectivity index (χ0n) is 15.8. The van der Waals surface area contributed by atoms with Crippen LogP contribution in [0.5, 0.6) is 0 Å². The molecule has 0 saturated heterocycles. The van der Waals surface area contributed by atoms with Crippen LogP contribution in [-0.4, -0.2) is 11.8 Å². The van der Waals surface area contributed by atoms with Crippen molar-refractivity contribution in [3.05, 3.63) is 58.1 Å². The normalized spacial score (nSPS) is 15.8. The molecule has 0 spiro atoms. The van der Waals surface area contributed by atoms with Crippen LogP contribution in [0, 0.1) is 5.92 Å². The molecule has 1 heterocycles. The van der Waals surface area contributed by atoms with Gasteiger partial charge in [0, 0.05) is 28.7 Å². The first-order valence-corrected chi connectivity index (χ1v) is 9.90. The van der Waals surface area contributed by atoms with E-state index in [1.807, 2.05) is 43.3 Å². The molecule has 5 heteroatoms. The first-order chi connectivity index (χ1) is 13.0. The lowest BCUT2D eigenvalue weighted by Crippen LogP contribution is -2.30. The molecule has 1 aliphatic rings. The minimum absolute atomic E-state index is 0.00671. The van der Waals surface area contributed by atoms with Gasteiger partial charge in [-0.25, -0.2) is 0 Å². The summed E-state index contributed by atoms with van der Waals surface area (Å²) in [5.74, 6) is -0.262. The third-order valence-corrected chi connectivity index (χ3v) is 5.53. The number of nitrogens with one attached hydrogen (secondary N) is 2. The molecule has 4 nitrogen and oxygen atoms in total. The molecule has 2 N–H and O–H groups in total. The van der Waals surface area contributed by atoms with E-state index in [9.17, 15) is 9.59 Å². The number of carbonyl (C=O) groups is 2. The highest BCUT2D eigenvalue weighted by Crippen LogP contribution is 2.31. The van der Waals surface area contributed by atoms with E-state index in [2.05, 4.69) is 17.6 Å². The Hall–Kier alpha value is -2.33. The Bertz CT molecular complexity index is 863. The van der Waals surface area contributed by atoms with E-state index in [-0.39, 0.29) is 17.7 Å². The second-order valence-corrected chi connectivity index (χ2v) is 7.31. The Balaban J connectivity index is 1.66. The first-order valence-electron chi connectivity index (χ1n) is 9.52. The third-order valence-electron chi connectivity index (χ3n) is 5.17. The molecule has 1 atom stereocenters. The van der Waals surface area contributed by atoms with Gasteiger partial charge in [-0.2, -0.15) is 0 Å². The van der Waals surface area contributed by atoms with E-state index < -0.39 is 0 Å². The van der Waals surface area contributed by atoms with Crippen LogP contribution < -0.4 is 10.6 Å². The number of hydrogen-bond donors (Lipinski definition) is 2. The topological polar surface area (TPSA) is 58.2 Å². The lowest BCUT2D eigenvalue weighted by Gasteiger charge is -2.24. The van der Waals surface area contributed by atoms with Crippen molar-refractivity contribution in [1.82, 2.24) is 0 Å². The summed E-state index contributed by atoms with van der Waals surface area (Å²) in [6, 6.07) is 11.7. The summed E-state index contributed by atoms with van der Waals surface area (Å²) < 4.78 is 0. The maximum absolute atomic E-state index is 12.6. The average Bonchev–Trinajstić information content (AvgIpc) is 2.66. The van der Waals surface area contributed by atoms with E-state index in [1.54, 1.807) is 0 Å². The summed E-state index contributed by atoms with van der Waals surface area (Å²) >= 11 is 6.30. The number of halogens is 1. The Labute approximate surface area is 165 Å². The fraction of sp³-hybridized carbons (Fsp3) is 0.364. The molecule has 2 amide bonds. The lowest BCUT2D eigenvalue weighted by molar-refractivity contribution is -0.121. The van der Waals surface area contributed by atoms with E-state index in [0.717, 1.165) is 40.9 Å². The summed E-state index contributed by atoms with van der Waals surface area (Å²) in [5, 5.41) is 6.65. The highest BCUT2D eigenvalue weighted by molar-refractivity contribution is 6.32. The molecule has 0 fully saturated rings. The van der Waals surface area contributed by atoms with Gasteiger partial charge in [0.05, 0.1) is 0 Å². The predicted molar refractivity (Wildman–Crippen MR) is 110 cm³/mol. The van der Waals surface area contributed by atoms with Gasteiger partial charge in [-0.05, 0) is 54.5 Å². The second kappa shape index (κ2) is 8.57. The van der Waals surface area contributed by atoms with Gasteiger partial charge >= 0.3 is 0 Å². The molecule has 0 bridgehead atoms. The average molecular weight is 385 g/mol. The van der Waals surface area contributed by atoms with Crippen LogP contribution >= 0.6 is 11.6 Å². The van der Waals surface area contributed by atoms with Crippen LogP contribution in [0.2, 0.25) is 5.02 Å². The molecule has 0 aromatic heterocycles. The maximum atomic E-state index is 12.6. The SMILES string of the molecule is CCc1ccc(Cl)c(CC)c1NC(=O)CCC1Cc2ccccc2NC1=O. The van der Waals surface area contributed by atoms with Crippen molar-refractivity contribution in [2.45, 2.75) is 46.0 Å². The Morgan fingerprint density at radius 2 is 1.96 bits per heavy atom. The number of rotatable bonds is 6. The molecule has 1 aliphatic heterocycles. The van der Waals surface area contributed by atoms with Gasteiger partial charge in [0.2, 0.25) is 11.8 Å². The molecule has 0 aliphatic carbocycles. The zero-order chi connectivity index (χ0) is 19.4. The van der Waals surface area contributed by atoms with Crippen LogP contribution in [0.3, 0.4) is 0 Å². The smallest absolute Gasteiger partial charge is 0.227 e. The van der Waals surface area contributed by atoms with Gasteiger partial charge in [0.15, 0.2) is 0 Å². The third kappa shape index (κ3) is 4.33. The van der Waals surface area contributed by atoms with Gasteiger partial charge in [-0.3, -0.25) is 9.59 Å². The number of carbonyl (C=O) groups excluding carboxylic acids is 2. The van der Waals surface area contributed by atoms with Gasteiger partial charge < -0.3 is 10.6 Å². The molecule has 1 unspecified atom stereocenters. The second-order valence-electron chi connectivity index (χ2n) is 6.90. The molecular weight excluding hydrogens is 360 g/mol. The van der Waals surface area contributed by atoms with Crippen LogP contribution in [0.15, 0.2) is 36.4 Å². The summed E-state index contributed by atoms with van der Waals surface area (Å²) in [6.45, 7) is 4.09. The number of benzene rings is 2. The number of aryl methyl sites for hydroxylation is 1. The number of fused-ring (bicyclic) bond motifs is 1. The highest BCUT2D eigenvalue weighted by Gasteiger charge is 2.26. The van der Waals surface area contributed by atoms with Crippen molar-refractivity contribution in [3.63, 3.8) is 0 Å². The summed E-state index contributed by atoms with van der Waals surface area (Å²) in [5.41, 5.74) is 4.87. The number of amides is 2. The van der Waals surface area contributed by atoms with Crippen LogP contribution in [0.1, 0.15) is 43.4 Å². The molecule has 0 saturated carbocycles. The molecule has 2 aromatic rings. The quantitative estimate of drug-likeness (QED) is 0.736. The fourth-order valence-corrected chi connectivity index (χ4v) is 3.91. The predicted octanol–water partition coefficient (Wildman–Crippen LogP) is 4.99. The van der Waals surface area contributed by atoms with Gasteiger partial charge in [0.1, 0.15) is 0 Å². The first kappa shape index (κ1) is 19.4. The van der Waals surface area contributed by atoms with Gasteiger partial charge in [-0.1, -0.05) is 49.7 Å². The van der Waals surface area contributed by atoms with Gasteiger partial charge in [-0.15, -0.1) is 0 Å². The standard InChI is InChI=1S/C22H25ClN2O2/c1-3-14-9-11-18(23)17(4-2)21(14)25-20(26)12-10-16-13-15-7-5-6-8-19(15)24-22(16)27/h5-9,11,16H,3-4,10,12-13H2,1-2H3,(H,24,27)(H,25,26). The molecular formula is C22H25ClN2O2. The largest absolute Gasteiger partial charge is 0.326 e. The molecule has 0 radical (unpaired) electrons. The van der Waals surface area contributed by atoms with E-state index in [4.69, 9.17) is 11.6 Å². The number of para-hydroxylation sites is 1. The maximum Gasteiger partial charge on any atom is 0.227 e. The lowest BCUT2D eigenvalue weighted by atomic mass is 9.89. The summed E-state index contributed by atoms with van der Waals surface area (Å²) in [7, 11) is 0. The van der Waals surface area contributed by atoms with Crippen LogP contribution in [0.25, 0.3) is 0 Å². The Morgan fingerprint density at radius 1 is 1.19 bits per heavy atom. The van der Waals surface area contributed by atoms with Crippen molar-refractivity contribution in [1.29, 1.82) is 0 Å². The van der Waals surface area contributed by atoms with Crippen LogP contribution in [0.4, 0.5) is 11.4 Å².